The van der Waals surface area contributed by atoms with Gasteiger partial charge in [0.2, 0.25) is 0 Å². The molecular weight excluding hydrogens is 380 g/mol. The van der Waals surface area contributed by atoms with Crippen LogP contribution < -0.4 is 11.1 Å². The van der Waals surface area contributed by atoms with Crippen LogP contribution in [0.3, 0.4) is 0 Å². The lowest BCUT2D eigenvalue weighted by Crippen LogP contribution is -2.17. The minimum atomic E-state index is -0.0426. The summed E-state index contributed by atoms with van der Waals surface area (Å²) in [6, 6.07) is 5.67. The molecule has 1 atom stereocenters. The van der Waals surface area contributed by atoms with Crippen molar-refractivity contribution >= 4 is 28.4 Å². The maximum absolute atomic E-state index is 5.92. The average Bonchev–Trinajstić information content (AvgIpc) is 3.22. The van der Waals surface area contributed by atoms with Crippen LogP contribution in [-0.2, 0) is 4.74 Å². The van der Waals surface area contributed by atoms with Crippen molar-refractivity contribution in [2.45, 2.75) is 32.4 Å². The van der Waals surface area contributed by atoms with E-state index in [1.807, 2.05) is 29.7 Å². The van der Waals surface area contributed by atoms with E-state index >= 15 is 0 Å². The highest BCUT2D eigenvalue weighted by Gasteiger charge is 2.21. The fourth-order valence-electron chi connectivity index (χ4n) is 3.70. The molecular formula is C21H22N8O. The van der Waals surface area contributed by atoms with E-state index in [1.165, 1.54) is 0 Å². The molecule has 5 heterocycles. The molecule has 1 fully saturated rings. The van der Waals surface area contributed by atoms with Gasteiger partial charge in [-0.3, -0.25) is 9.55 Å². The molecule has 4 aromatic rings. The molecule has 0 spiro atoms. The van der Waals surface area contributed by atoms with Crippen LogP contribution in [0.25, 0.3) is 22.4 Å². The highest BCUT2D eigenvalue weighted by atomic mass is 16.5. The molecule has 3 N–H and O–H groups in total. The molecule has 0 bridgehead atoms. The monoisotopic (exact) mass is 402 g/mol. The molecule has 30 heavy (non-hydrogen) atoms. The number of pyridine rings is 2. The smallest absolute Gasteiger partial charge is 0.165 e. The minimum Gasteiger partial charge on any atom is -0.397 e. The lowest BCUT2D eigenvalue weighted by Gasteiger charge is -2.23. The van der Waals surface area contributed by atoms with Gasteiger partial charge in [-0.15, -0.1) is 0 Å². The van der Waals surface area contributed by atoms with E-state index in [0.717, 1.165) is 48.5 Å². The van der Waals surface area contributed by atoms with Crippen molar-refractivity contribution in [2.24, 2.45) is 0 Å². The third kappa shape index (κ3) is 3.33. The van der Waals surface area contributed by atoms with Gasteiger partial charge < -0.3 is 15.8 Å². The third-order valence-electron chi connectivity index (χ3n) is 5.25. The summed E-state index contributed by atoms with van der Waals surface area (Å²) in [4.78, 5) is 22.5. The number of aryl methyl sites for hydroxylation is 1. The van der Waals surface area contributed by atoms with Gasteiger partial charge >= 0.3 is 0 Å². The molecule has 0 radical (unpaired) electrons. The Labute approximate surface area is 173 Å². The molecule has 1 aliphatic rings. The Bertz CT molecular complexity index is 1200. The zero-order valence-electron chi connectivity index (χ0n) is 16.6. The predicted molar refractivity (Wildman–Crippen MR) is 114 cm³/mol. The molecule has 0 aromatic carbocycles. The summed E-state index contributed by atoms with van der Waals surface area (Å²) in [5.74, 6) is 0.650. The van der Waals surface area contributed by atoms with Crippen LogP contribution in [0.4, 0.5) is 17.2 Å². The van der Waals surface area contributed by atoms with Gasteiger partial charge in [0, 0.05) is 18.4 Å². The van der Waals surface area contributed by atoms with E-state index < -0.39 is 0 Å². The molecule has 0 amide bonds. The molecule has 1 saturated heterocycles. The summed E-state index contributed by atoms with van der Waals surface area (Å²) in [5, 5.41) is 3.34. The van der Waals surface area contributed by atoms with Gasteiger partial charge in [0.15, 0.2) is 5.65 Å². The van der Waals surface area contributed by atoms with Crippen LogP contribution in [-0.4, -0.2) is 36.1 Å². The lowest BCUT2D eigenvalue weighted by molar-refractivity contribution is -0.0298. The summed E-state index contributed by atoms with van der Waals surface area (Å²) >= 11 is 0. The van der Waals surface area contributed by atoms with Crippen molar-refractivity contribution in [2.75, 3.05) is 17.7 Å². The van der Waals surface area contributed by atoms with Gasteiger partial charge in [-0.05, 0) is 44.4 Å². The van der Waals surface area contributed by atoms with Gasteiger partial charge in [0.1, 0.15) is 29.6 Å². The highest BCUT2D eigenvalue weighted by Crippen LogP contribution is 2.33. The second kappa shape index (κ2) is 7.68. The van der Waals surface area contributed by atoms with E-state index in [1.54, 1.807) is 25.0 Å². The molecule has 0 aliphatic carbocycles. The standard InChI is InChI=1S/C21H22N8O/c1-13-16(9-14(22)10-24-13)28-20-15(5-4-7-23-20)18-19-21(26-11-25-18)29(12-27-19)17-6-2-3-8-30-17/h4-5,7,9-12,17H,2-3,6,8,22H2,1H3,(H,23,28). The first-order valence-electron chi connectivity index (χ1n) is 9.94. The number of nitrogens with one attached hydrogen (secondary N) is 1. The Morgan fingerprint density at radius 1 is 1.17 bits per heavy atom. The average molecular weight is 402 g/mol. The molecule has 9 nitrogen and oxygen atoms in total. The topological polar surface area (TPSA) is 117 Å². The first-order valence-corrected chi connectivity index (χ1v) is 9.94. The molecule has 1 unspecified atom stereocenters. The Kier molecular flexibility index (Phi) is 4.72. The lowest BCUT2D eigenvalue weighted by atomic mass is 10.1. The van der Waals surface area contributed by atoms with Gasteiger partial charge in [0.05, 0.1) is 29.6 Å². The number of nitrogens with zero attached hydrogens (tertiary/aromatic N) is 6. The minimum absolute atomic E-state index is 0.0426. The van der Waals surface area contributed by atoms with Crippen molar-refractivity contribution in [1.29, 1.82) is 0 Å². The Morgan fingerprint density at radius 3 is 2.97 bits per heavy atom. The maximum atomic E-state index is 5.92. The zero-order chi connectivity index (χ0) is 20.5. The van der Waals surface area contributed by atoms with E-state index in [2.05, 4.69) is 30.2 Å². The quantitative estimate of drug-likeness (QED) is 0.532. The van der Waals surface area contributed by atoms with E-state index in [0.29, 0.717) is 22.7 Å². The van der Waals surface area contributed by atoms with Crippen LogP contribution in [0, 0.1) is 6.92 Å². The third-order valence-corrected chi connectivity index (χ3v) is 5.25. The number of anilines is 3. The van der Waals surface area contributed by atoms with Crippen LogP contribution in [0.15, 0.2) is 43.2 Å². The summed E-state index contributed by atoms with van der Waals surface area (Å²) in [6.45, 7) is 2.67. The SMILES string of the molecule is Cc1ncc(N)cc1Nc1ncccc1-c1ncnc2c1ncn2C1CCCCO1. The Morgan fingerprint density at radius 2 is 2.10 bits per heavy atom. The summed E-state index contributed by atoms with van der Waals surface area (Å²) in [6.07, 6.45) is 9.84. The number of nitrogens with two attached hydrogens (primary N) is 1. The first kappa shape index (κ1) is 18.4. The number of fused-ring (bicyclic) bond motifs is 1. The van der Waals surface area contributed by atoms with Crippen LogP contribution >= 0.6 is 0 Å². The van der Waals surface area contributed by atoms with Crippen LogP contribution in [0.2, 0.25) is 0 Å². The maximum Gasteiger partial charge on any atom is 0.165 e. The van der Waals surface area contributed by atoms with Gasteiger partial charge in [0.25, 0.3) is 0 Å². The van der Waals surface area contributed by atoms with Crippen molar-refractivity contribution < 1.29 is 4.74 Å². The normalized spacial score (nSPS) is 16.6. The van der Waals surface area contributed by atoms with Crippen LogP contribution in [0.1, 0.15) is 31.2 Å². The Hall–Kier alpha value is -3.59. The fourth-order valence-corrected chi connectivity index (χ4v) is 3.70. The summed E-state index contributed by atoms with van der Waals surface area (Å²) in [7, 11) is 0. The summed E-state index contributed by atoms with van der Waals surface area (Å²) < 4.78 is 7.92. The summed E-state index contributed by atoms with van der Waals surface area (Å²) in [5.41, 5.74) is 11.1. The number of nitrogen functional groups attached to an aromatic ring is 1. The number of aromatic nitrogens is 6. The van der Waals surface area contributed by atoms with Crippen LogP contribution in [0.5, 0.6) is 0 Å². The highest BCUT2D eigenvalue weighted by molar-refractivity contribution is 5.91. The number of ether oxygens (including phenoxy) is 1. The van der Waals surface area contributed by atoms with E-state index in [-0.39, 0.29) is 6.23 Å². The molecule has 152 valence electrons. The van der Waals surface area contributed by atoms with Gasteiger partial charge in [-0.2, -0.15) is 0 Å². The van der Waals surface area contributed by atoms with Crippen molar-refractivity contribution in [3.8, 4) is 11.3 Å². The van der Waals surface area contributed by atoms with Gasteiger partial charge in [-0.1, -0.05) is 0 Å². The fraction of sp³-hybridized carbons (Fsp3) is 0.286. The van der Waals surface area contributed by atoms with E-state index in [9.17, 15) is 0 Å². The number of hydrogen-bond acceptors (Lipinski definition) is 8. The number of hydrogen-bond donors (Lipinski definition) is 2. The van der Waals surface area contributed by atoms with Crippen molar-refractivity contribution in [3.63, 3.8) is 0 Å². The van der Waals surface area contributed by atoms with Gasteiger partial charge in [-0.25, -0.2) is 19.9 Å². The van der Waals surface area contributed by atoms with Crippen molar-refractivity contribution in [1.82, 2.24) is 29.5 Å². The Balaban J connectivity index is 1.58. The van der Waals surface area contributed by atoms with Crippen molar-refractivity contribution in [3.05, 3.63) is 48.9 Å². The van der Waals surface area contributed by atoms with E-state index in [4.69, 9.17) is 10.5 Å². The molecule has 0 saturated carbocycles. The largest absolute Gasteiger partial charge is 0.397 e. The molecule has 1 aliphatic heterocycles. The predicted octanol–water partition coefficient (Wildman–Crippen LogP) is 3.62. The number of rotatable bonds is 4. The number of imidazole rings is 1. The molecule has 4 aromatic heterocycles. The molecule has 5 rings (SSSR count). The second-order valence-corrected chi connectivity index (χ2v) is 7.29. The first-order chi connectivity index (χ1) is 14.7. The second-order valence-electron chi connectivity index (χ2n) is 7.29. The molecule has 9 heteroatoms. The zero-order valence-corrected chi connectivity index (χ0v) is 16.6.